The summed E-state index contributed by atoms with van der Waals surface area (Å²) in [6.45, 7) is 3.03. The van der Waals surface area contributed by atoms with Crippen LogP contribution in [-0.2, 0) is 4.79 Å². The lowest BCUT2D eigenvalue weighted by Gasteiger charge is -2.24. The highest BCUT2D eigenvalue weighted by molar-refractivity contribution is 5.79. The van der Waals surface area contributed by atoms with E-state index in [1.54, 1.807) is 0 Å². The molecule has 1 fully saturated rings. The first-order chi connectivity index (χ1) is 9.49. The SMILES string of the molecule is CC(c1cc2ccccc2o1)N1CCC(N)(C(=O)O)C1. The Bertz CT molecular complexity index is 618. The van der Waals surface area contributed by atoms with E-state index in [0.29, 0.717) is 19.5 Å². The molecule has 1 aliphatic rings. The summed E-state index contributed by atoms with van der Waals surface area (Å²) in [6, 6.07) is 9.87. The van der Waals surface area contributed by atoms with Crippen LogP contribution in [0.1, 0.15) is 25.1 Å². The lowest BCUT2D eigenvalue weighted by Crippen LogP contribution is -2.50. The number of nitrogens with zero attached hydrogens (tertiary/aromatic N) is 1. The molecule has 0 bridgehead atoms. The number of aliphatic carboxylic acids is 1. The number of benzene rings is 1. The fraction of sp³-hybridized carbons (Fsp3) is 0.400. The maximum Gasteiger partial charge on any atom is 0.325 e. The Kier molecular flexibility index (Phi) is 3.03. The predicted octanol–water partition coefficient (Wildman–Crippen LogP) is 1.98. The van der Waals surface area contributed by atoms with Gasteiger partial charge in [-0.3, -0.25) is 9.69 Å². The molecule has 2 unspecified atom stereocenters. The minimum Gasteiger partial charge on any atom is -0.480 e. The minimum absolute atomic E-state index is 0.0205. The van der Waals surface area contributed by atoms with E-state index >= 15 is 0 Å². The molecule has 2 atom stereocenters. The quantitative estimate of drug-likeness (QED) is 0.894. The van der Waals surface area contributed by atoms with E-state index in [2.05, 4.69) is 4.90 Å². The number of para-hydroxylation sites is 1. The number of fused-ring (bicyclic) bond motifs is 1. The number of carboxylic acids is 1. The molecular weight excluding hydrogens is 256 g/mol. The van der Waals surface area contributed by atoms with Crippen LogP contribution in [0.25, 0.3) is 11.0 Å². The van der Waals surface area contributed by atoms with Gasteiger partial charge < -0.3 is 15.3 Å². The zero-order valence-corrected chi connectivity index (χ0v) is 11.4. The van der Waals surface area contributed by atoms with Crippen molar-refractivity contribution in [2.45, 2.75) is 24.9 Å². The van der Waals surface area contributed by atoms with Gasteiger partial charge in [0, 0.05) is 18.5 Å². The lowest BCUT2D eigenvalue weighted by molar-refractivity contribution is -0.142. The first kappa shape index (κ1) is 13.1. The first-order valence-electron chi connectivity index (χ1n) is 6.74. The zero-order chi connectivity index (χ0) is 14.3. The van der Waals surface area contributed by atoms with Crippen LogP contribution in [0, 0.1) is 0 Å². The molecule has 2 aromatic rings. The summed E-state index contributed by atoms with van der Waals surface area (Å²) < 4.78 is 5.84. The van der Waals surface area contributed by atoms with Crippen molar-refractivity contribution >= 4 is 16.9 Å². The maximum atomic E-state index is 11.2. The average molecular weight is 274 g/mol. The molecule has 20 heavy (non-hydrogen) atoms. The highest BCUT2D eigenvalue weighted by Gasteiger charge is 2.43. The molecule has 3 rings (SSSR count). The van der Waals surface area contributed by atoms with Crippen molar-refractivity contribution in [1.82, 2.24) is 4.90 Å². The van der Waals surface area contributed by atoms with E-state index in [9.17, 15) is 9.90 Å². The molecule has 0 amide bonds. The number of rotatable bonds is 3. The standard InChI is InChI=1S/C15H18N2O3/c1-10(17-7-6-15(16,9-17)14(18)19)13-8-11-4-2-3-5-12(11)20-13/h2-5,8,10H,6-7,9,16H2,1H3,(H,18,19). The third-order valence-corrected chi connectivity index (χ3v) is 4.16. The van der Waals surface area contributed by atoms with Crippen LogP contribution < -0.4 is 5.73 Å². The van der Waals surface area contributed by atoms with Gasteiger partial charge in [0.15, 0.2) is 0 Å². The molecule has 1 aliphatic heterocycles. The summed E-state index contributed by atoms with van der Waals surface area (Å²) in [6.07, 6.45) is 0.465. The second-order valence-electron chi connectivity index (χ2n) is 5.54. The Labute approximate surface area is 117 Å². The largest absolute Gasteiger partial charge is 0.480 e. The normalized spacial score (nSPS) is 25.1. The van der Waals surface area contributed by atoms with Gasteiger partial charge in [0.2, 0.25) is 0 Å². The summed E-state index contributed by atoms with van der Waals surface area (Å²) in [5.74, 6) is -0.0855. The smallest absolute Gasteiger partial charge is 0.325 e. The summed E-state index contributed by atoms with van der Waals surface area (Å²) in [5, 5.41) is 10.2. The number of carbonyl (C=O) groups is 1. The molecule has 0 radical (unpaired) electrons. The molecule has 5 nitrogen and oxygen atoms in total. The van der Waals surface area contributed by atoms with Crippen molar-refractivity contribution in [3.8, 4) is 0 Å². The molecule has 1 aromatic carbocycles. The number of furan rings is 1. The average Bonchev–Trinajstić information content (AvgIpc) is 3.02. The van der Waals surface area contributed by atoms with Gasteiger partial charge in [-0.1, -0.05) is 18.2 Å². The predicted molar refractivity (Wildman–Crippen MR) is 75.4 cm³/mol. The highest BCUT2D eigenvalue weighted by Crippen LogP contribution is 2.31. The van der Waals surface area contributed by atoms with E-state index in [1.807, 2.05) is 37.3 Å². The second-order valence-corrected chi connectivity index (χ2v) is 5.54. The van der Waals surface area contributed by atoms with Gasteiger partial charge in [-0.25, -0.2) is 0 Å². The topological polar surface area (TPSA) is 79.7 Å². The van der Waals surface area contributed by atoms with E-state index < -0.39 is 11.5 Å². The van der Waals surface area contributed by atoms with Crippen LogP contribution in [0.5, 0.6) is 0 Å². The van der Waals surface area contributed by atoms with Gasteiger partial charge >= 0.3 is 5.97 Å². The molecule has 0 saturated carbocycles. The number of hydrogen-bond donors (Lipinski definition) is 2. The van der Waals surface area contributed by atoms with Gasteiger partial charge in [0.05, 0.1) is 6.04 Å². The molecule has 3 N–H and O–H groups in total. The fourth-order valence-electron chi connectivity index (χ4n) is 2.76. The first-order valence-corrected chi connectivity index (χ1v) is 6.74. The van der Waals surface area contributed by atoms with Gasteiger partial charge in [0.1, 0.15) is 16.9 Å². The van der Waals surface area contributed by atoms with Crippen molar-refractivity contribution in [2.24, 2.45) is 5.73 Å². The fourth-order valence-corrected chi connectivity index (χ4v) is 2.76. The molecule has 1 saturated heterocycles. The molecule has 2 heterocycles. The van der Waals surface area contributed by atoms with Crippen molar-refractivity contribution in [1.29, 1.82) is 0 Å². The van der Waals surface area contributed by atoms with Crippen molar-refractivity contribution in [2.75, 3.05) is 13.1 Å². The van der Waals surface area contributed by atoms with E-state index in [-0.39, 0.29) is 6.04 Å². The van der Waals surface area contributed by atoms with Crippen LogP contribution in [0.2, 0.25) is 0 Å². The lowest BCUT2D eigenvalue weighted by atomic mass is 10.0. The van der Waals surface area contributed by atoms with Crippen LogP contribution in [-0.4, -0.2) is 34.6 Å². The van der Waals surface area contributed by atoms with E-state index in [4.69, 9.17) is 10.2 Å². The van der Waals surface area contributed by atoms with Gasteiger partial charge in [-0.05, 0) is 25.5 Å². The molecule has 106 valence electrons. The third-order valence-electron chi connectivity index (χ3n) is 4.16. The van der Waals surface area contributed by atoms with Gasteiger partial charge in [-0.2, -0.15) is 0 Å². The Morgan fingerprint density at radius 1 is 1.50 bits per heavy atom. The maximum absolute atomic E-state index is 11.2. The van der Waals surface area contributed by atoms with Crippen LogP contribution in [0.3, 0.4) is 0 Å². The number of carboxylic acid groups (broad SMARTS) is 1. The Hall–Kier alpha value is -1.85. The Morgan fingerprint density at radius 2 is 2.25 bits per heavy atom. The molecule has 1 aromatic heterocycles. The minimum atomic E-state index is -1.14. The number of nitrogens with two attached hydrogens (primary N) is 1. The van der Waals surface area contributed by atoms with Gasteiger partial charge in [-0.15, -0.1) is 0 Å². The van der Waals surface area contributed by atoms with E-state index in [0.717, 1.165) is 16.7 Å². The van der Waals surface area contributed by atoms with E-state index in [1.165, 1.54) is 0 Å². The highest BCUT2D eigenvalue weighted by atomic mass is 16.4. The number of likely N-dealkylation sites (tertiary alicyclic amines) is 1. The zero-order valence-electron chi connectivity index (χ0n) is 11.4. The number of hydrogen-bond acceptors (Lipinski definition) is 4. The molecule has 0 spiro atoms. The van der Waals surface area contributed by atoms with Crippen molar-refractivity contribution in [3.05, 3.63) is 36.1 Å². The Morgan fingerprint density at radius 3 is 2.90 bits per heavy atom. The van der Waals surface area contributed by atoms with Gasteiger partial charge in [0.25, 0.3) is 0 Å². The molecular formula is C15H18N2O3. The Balaban J connectivity index is 1.83. The van der Waals surface area contributed by atoms with Crippen LogP contribution in [0.15, 0.2) is 34.7 Å². The van der Waals surface area contributed by atoms with Crippen LogP contribution >= 0.6 is 0 Å². The summed E-state index contributed by atoms with van der Waals surface area (Å²) >= 11 is 0. The van der Waals surface area contributed by atoms with Crippen molar-refractivity contribution < 1.29 is 14.3 Å². The molecule has 5 heteroatoms. The second kappa shape index (κ2) is 4.61. The summed E-state index contributed by atoms with van der Waals surface area (Å²) in [7, 11) is 0. The van der Waals surface area contributed by atoms with Crippen LogP contribution in [0.4, 0.5) is 0 Å². The monoisotopic (exact) mass is 274 g/mol. The van der Waals surface area contributed by atoms with Crippen molar-refractivity contribution in [3.63, 3.8) is 0 Å². The third kappa shape index (κ3) is 2.09. The molecule has 0 aliphatic carbocycles. The summed E-state index contributed by atoms with van der Waals surface area (Å²) in [5.41, 5.74) is 5.63. The summed E-state index contributed by atoms with van der Waals surface area (Å²) in [4.78, 5) is 13.3.